The molecule has 1 amide bonds. The molecule has 0 fully saturated rings. The Labute approximate surface area is 86.8 Å². The van der Waals surface area contributed by atoms with E-state index < -0.39 is 0 Å². The Kier molecular flexibility index (Phi) is 3.60. The molecule has 74 valence electrons. The van der Waals surface area contributed by atoms with Crippen molar-refractivity contribution in [1.82, 2.24) is 9.88 Å². The first kappa shape index (κ1) is 10.7. The van der Waals surface area contributed by atoms with Gasteiger partial charge in [-0.25, -0.2) is 4.98 Å². The van der Waals surface area contributed by atoms with Gasteiger partial charge in [-0.05, 0) is 13.8 Å². The molecule has 1 aromatic rings. The third-order valence-electron chi connectivity index (χ3n) is 1.78. The van der Waals surface area contributed by atoms with Crippen LogP contribution in [-0.4, -0.2) is 28.4 Å². The summed E-state index contributed by atoms with van der Waals surface area (Å²) >= 11 is 1.37. The molecule has 5 heteroatoms. The summed E-state index contributed by atoms with van der Waals surface area (Å²) < 4.78 is 0. The maximum Gasteiger partial charge on any atom is 0.274 e. The molecule has 0 saturated heterocycles. The number of nitriles is 1. The molecule has 1 heterocycles. The standard InChI is InChI=1S/C9H11N3OS/c1-7(2)12(4-3-10)9(13)8-5-14-6-11-8/h5-7H,4H2,1-2H3. The van der Waals surface area contributed by atoms with Crippen LogP contribution in [0.1, 0.15) is 24.3 Å². The van der Waals surface area contributed by atoms with E-state index in [1.807, 2.05) is 19.9 Å². The summed E-state index contributed by atoms with van der Waals surface area (Å²) in [7, 11) is 0. The van der Waals surface area contributed by atoms with Gasteiger partial charge in [0.1, 0.15) is 12.2 Å². The summed E-state index contributed by atoms with van der Waals surface area (Å²) in [6.07, 6.45) is 0. The highest BCUT2D eigenvalue weighted by Crippen LogP contribution is 2.08. The molecule has 0 aromatic carbocycles. The van der Waals surface area contributed by atoms with Gasteiger partial charge in [-0.2, -0.15) is 5.26 Å². The predicted molar refractivity (Wildman–Crippen MR) is 53.9 cm³/mol. The quantitative estimate of drug-likeness (QED) is 0.709. The van der Waals surface area contributed by atoms with E-state index in [4.69, 9.17) is 5.26 Å². The van der Waals surface area contributed by atoms with Gasteiger partial charge < -0.3 is 4.90 Å². The van der Waals surface area contributed by atoms with Crippen molar-refractivity contribution in [2.75, 3.05) is 6.54 Å². The zero-order valence-corrected chi connectivity index (χ0v) is 8.91. The van der Waals surface area contributed by atoms with Gasteiger partial charge in [-0.1, -0.05) is 0 Å². The van der Waals surface area contributed by atoms with E-state index in [9.17, 15) is 4.79 Å². The van der Waals surface area contributed by atoms with Crippen LogP contribution in [-0.2, 0) is 0 Å². The number of rotatable bonds is 3. The van der Waals surface area contributed by atoms with E-state index in [-0.39, 0.29) is 18.5 Å². The molecule has 0 radical (unpaired) electrons. The molecule has 0 aliphatic rings. The minimum Gasteiger partial charge on any atom is -0.322 e. The third-order valence-corrected chi connectivity index (χ3v) is 2.36. The van der Waals surface area contributed by atoms with Gasteiger partial charge in [-0.3, -0.25) is 4.79 Å². The fraction of sp³-hybridized carbons (Fsp3) is 0.444. The lowest BCUT2D eigenvalue weighted by molar-refractivity contribution is 0.0726. The van der Waals surface area contributed by atoms with Crippen LogP contribution in [0, 0.1) is 11.3 Å². The first-order chi connectivity index (χ1) is 6.66. The molecular formula is C9H11N3OS. The van der Waals surface area contributed by atoms with Crippen molar-refractivity contribution in [3.05, 3.63) is 16.6 Å². The van der Waals surface area contributed by atoms with E-state index in [2.05, 4.69) is 4.98 Å². The molecule has 0 unspecified atom stereocenters. The van der Waals surface area contributed by atoms with Gasteiger partial charge in [0, 0.05) is 11.4 Å². The molecule has 1 aromatic heterocycles. The minimum absolute atomic E-state index is 0.0175. The highest BCUT2D eigenvalue weighted by Gasteiger charge is 2.19. The topological polar surface area (TPSA) is 57.0 Å². The average molecular weight is 209 g/mol. The van der Waals surface area contributed by atoms with Crippen molar-refractivity contribution in [3.8, 4) is 6.07 Å². The third kappa shape index (κ3) is 2.30. The Morgan fingerprint density at radius 1 is 1.79 bits per heavy atom. The summed E-state index contributed by atoms with van der Waals surface area (Å²) in [5, 5.41) is 10.3. The summed E-state index contributed by atoms with van der Waals surface area (Å²) in [6.45, 7) is 3.86. The molecule has 1 rings (SSSR count). The Balaban J connectivity index is 2.80. The average Bonchev–Trinajstić information content (AvgIpc) is 2.65. The van der Waals surface area contributed by atoms with Crippen molar-refractivity contribution in [2.45, 2.75) is 19.9 Å². The van der Waals surface area contributed by atoms with Crippen LogP contribution in [0.2, 0.25) is 0 Å². The first-order valence-electron chi connectivity index (χ1n) is 4.23. The number of carbonyl (C=O) groups is 1. The minimum atomic E-state index is -0.178. The Morgan fingerprint density at radius 3 is 2.93 bits per heavy atom. The van der Waals surface area contributed by atoms with Crippen molar-refractivity contribution in [1.29, 1.82) is 5.26 Å². The molecule has 0 aliphatic heterocycles. The largest absolute Gasteiger partial charge is 0.322 e. The smallest absolute Gasteiger partial charge is 0.274 e. The Bertz CT molecular complexity index is 339. The monoisotopic (exact) mass is 209 g/mol. The zero-order valence-electron chi connectivity index (χ0n) is 8.10. The number of thiazole rings is 1. The number of hydrogen-bond donors (Lipinski definition) is 0. The van der Waals surface area contributed by atoms with E-state index in [0.717, 1.165) is 0 Å². The summed E-state index contributed by atoms with van der Waals surface area (Å²) in [5.41, 5.74) is 2.02. The summed E-state index contributed by atoms with van der Waals surface area (Å²) in [5.74, 6) is -0.178. The molecule has 0 atom stereocenters. The van der Waals surface area contributed by atoms with Gasteiger partial charge >= 0.3 is 0 Å². The maximum atomic E-state index is 11.8. The highest BCUT2D eigenvalue weighted by molar-refractivity contribution is 7.07. The fourth-order valence-corrected chi connectivity index (χ4v) is 1.56. The van der Waals surface area contributed by atoms with E-state index >= 15 is 0 Å². The molecular weight excluding hydrogens is 198 g/mol. The van der Waals surface area contributed by atoms with Crippen LogP contribution in [0.25, 0.3) is 0 Å². The Hall–Kier alpha value is -1.41. The molecule has 0 saturated carbocycles. The van der Waals surface area contributed by atoms with Crippen molar-refractivity contribution >= 4 is 17.2 Å². The fourth-order valence-electron chi connectivity index (χ4n) is 1.03. The van der Waals surface area contributed by atoms with Crippen LogP contribution < -0.4 is 0 Å². The SMILES string of the molecule is CC(C)N(CC#N)C(=O)c1cscn1. The van der Waals surface area contributed by atoms with E-state index in [1.54, 1.807) is 10.9 Å². The van der Waals surface area contributed by atoms with Crippen LogP contribution in [0.3, 0.4) is 0 Å². The molecule has 0 spiro atoms. The molecule has 0 bridgehead atoms. The van der Waals surface area contributed by atoms with Crippen LogP contribution in [0.4, 0.5) is 0 Å². The maximum absolute atomic E-state index is 11.8. The van der Waals surface area contributed by atoms with Crippen LogP contribution in [0.5, 0.6) is 0 Å². The van der Waals surface area contributed by atoms with Gasteiger partial charge in [0.25, 0.3) is 5.91 Å². The van der Waals surface area contributed by atoms with Gasteiger partial charge in [0.2, 0.25) is 0 Å². The second kappa shape index (κ2) is 4.72. The van der Waals surface area contributed by atoms with Crippen molar-refractivity contribution in [2.24, 2.45) is 0 Å². The van der Waals surface area contributed by atoms with Crippen molar-refractivity contribution in [3.63, 3.8) is 0 Å². The number of hydrogen-bond acceptors (Lipinski definition) is 4. The summed E-state index contributed by atoms with van der Waals surface area (Å²) in [4.78, 5) is 17.2. The highest BCUT2D eigenvalue weighted by atomic mass is 32.1. The molecule has 0 aliphatic carbocycles. The van der Waals surface area contributed by atoms with E-state index in [1.165, 1.54) is 16.2 Å². The number of amides is 1. The van der Waals surface area contributed by atoms with Crippen LogP contribution in [0.15, 0.2) is 10.9 Å². The Morgan fingerprint density at radius 2 is 2.50 bits per heavy atom. The normalized spacial score (nSPS) is 9.86. The lowest BCUT2D eigenvalue weighted by atomic mass is 10.3. The zero-order chi connectivity index (χ0) is 10.6. The lowest BCUT2D eigenvalue weighted by Gasteiger charge is -2.22. The number of carbonyl (C=O) groups excluding carboxylic acids is 1. The predicted octanol–water partition coefficient (Wildman–Crippen LogP) is 1.52. The molecule has 4 nitrogen and oxygen atoms in total. The number of nitrogens with zero attached hydrogens (tertiary/aromatic N) is 3. The van der Waals surface area contributed by atoms with Gasteiger partial charge in [-0.15, -0.1) is 11.3 Å². The number of aromatic nitrogens is 1. The summed E-state index contributed by atoms with van der Waals surface area (Å²) in [6, 6.07) is 1.99. The molecule has 14 heavy (non-hydrogen) atoms. The van der Waals surface area contributed by atoms with Crippen molar-refractivity contribution < 1.29 is 4.79 Å². The lowest BCUT2D eigenvalue weighted by Crippen LogP contribution is -2.37. The second-order valence-electron chi connectivity index (χ2n) is 3.06. The first-order valence-corrected chi connectivity index (χ1v) is 5.17. The molecule has 0 N–H and O–H groups in total. The van der Waals surface area contributed by atoms with Crippen LogP contribution >= 0.6 is 11.3 Å². The van der Waals surface area contributed by atoms with Gasteiger partial charge in [0.15, 0.2) is 0 Å². The van der Waals surface area contributed by atoms with E-state index in [0.29, 0.717) is 5.69 Å². The van der Waals surface area contributed by atoms with Gasteiger partial charge in [0.05, 0.1) is 11.6 Å². The second-order valence-corrected chi connectivity index (χ2v) is 3.78.